The molecule has 1 unspecified atom stereocenters. The van der Waals surface area contributed by atoms with E-state index in [-0.39, 0.29) is 12.5 Å². The lowest BCUT2D eigenvalue weighted by Gasteiger charge is -2.11. The van der Waals surface area contributed by atoms with Gasteiger partial charge in [-0.25, -0.2) is 4.98 Å². The number of hydrogen-bond donors (Lipinski definition) is 1. The molecule has 164 valence electrons. The maximum Gasteiger partial charge on any atom is 0.262 e. The molecule has 0 saturated carbocycles. The fourth-order valence-electron chi connectivity index (χ4n) is 3.48. The summed E-state index contributed by atoms with van der Waals surface area (Å²) >= 11 is 0. The van der Waals surface area contributed by atoms with Gasteiger partial charge in [0.2, 0.25) is 5.89 Å². The molecule has 3 aromatic carbocycles. The van der Waals surface area contributed by atoms with E-state index in [0.717, 1.165) is 12.0 Å². The molecule has 1 aromatic heterocycles. The molecule has 1 heterocycles. The van der Waals surface area contributed by atoms with Crippen molar-refractivity contribution in [2.75, 3.05) is 11.9 Å². The van der Waals surface area contributed by atoms with Gasteiger partial charge in [-0.05, 0) is 85.3 Å². The second-order valence-electron chi connectivity index (χ2n) is 8.22. The van der Waals surface area contributed by atoms with Gasteiger partial charge in [0.05, 0.1) is 0 Å². The molecule has 1 atom stereocenters. The first-order chi connectivity index (χ1) is 15.4. The van der Waals surface area contributed by atoms with E-state index in [1.807, 2.05) is 42.5 Å². The second-order valence-corrected chi connectivity index (χ2v) is 8.22. The predicted octanol–water partition coefficient (Wildman–Crippen LogP) is 6.64. The van der Waals surface area contributed by atoms with Gasteiger partial charge < -0.3 is 14.5 Å². The quantitative estimate of drug-likeness (QED) is 0.358. The minimum atomic E-state index is -0.228. The fraction of sp³-hybridized carbons (Fsp3) is 0.259. The lowest BCUT2D eigenvalue weighted by molar-refractivity contribution is -0.118. The summed E-state index contributed by atoms with van der Waals surface area (Å²) in [4.78, 5) is 17.0. The highest BCUT2D eigenvalue weighted by atomic mass is 16.5. The highest BCUT2D eigenvalue weighted by Crippen LogP contribution is 2.27. The van der Waals surface area contributed by atoms with Crippen molar-refractivity contribution in [2.24, 2.45) is 0 Å². The van der Waals surface area contributed by atoms with Crippen LogP contribution in [0, 0.1) is 13.8 Å². The summed E-state index contributed by atoms with van der Waals surface area (Å²) in [5, 5.41) is 2.86. The number of nitrogens with zero attached hydrogens (tertiary/aromatic N) is 1. The van der Waals surface area contributed by atoms with Crippen LogP contribution >= 0.6 is 0 Å². The molecule has 0 bridgehead atoms. The number of rotatable bonds is 7. The van der Waals surface area contributed by atoms with Crippen molar-refractivity contribution in [3.63, 3.8) is 0 Å². The van der Waals surface area contributed by atoms with Crippen LogP contribution in [0.4, 0.5) is 5.69 Å². The van der Waals surface area contributed by atoms with Gasteiger partial charge >= 0.3 is 0 Å². The van der Waals surface area contributed by atoms with Crippen molar-refractivity contribution in [1.29, 1.82) is 0 Å². The number of nitrogens with one attached hydrogen (secondary N) is 1. The van der Waals surface area contributed by atoms with Gasteiger partial charge in [0.25, 0.3) is 5.91 Å². The number of aryl methyl sites for hydroxylation is 2. The van der Waals surface area contributed by atoms with Crippen LogP contribution in [-0.4, -0.2) is 17.5 Å². The number of anilines is 1. The van der Waals surface area contributed by atoms with E-state index in [0.29, 0.717) is 34.3 Å². The number of oxazole rings is 1. The average Bonchev–Trinajstić information content (AvgIpc) is 3.23. The molecule has 0 spiro atoms. The zero-order valence-corrected chi connectivity index (χ0v) is 18.9. The largest absolute Gasteiger partial charge is 0.484 e. The molecule has 0 radical (unpaired) electrons. The fourth-order valence-corrected chi connectivity index (χ4v) is 3.48. The molecule has 0 aliphatic carbocycles. The Kier molecular flexibility index (Phi) is 6.26. The topological polar surface area (TPSA) is 64.4 Å². The van der Waals surface area contributed by atoms with Gasteiger partial charge in [0, 0.05) is 11.3 Å². The third kappa shape index (κ3) is 4.83. The number of carbonyl (C=O) groups excluding carboxylic acids is 1. The van der Waals surface area contributed by atoms with Crippen LogP contribution in [-0.2, 0) is 4.79 Å². The number of ether oxygens (including phenoxy) is 1. The lowest BCUT2D eigenvalue weighted by Crippen LogP contribution is -2.20. The highest BCUT2D eigenvalue weighted by Gasteiger charge is 2.11. The van der Waals surface area contributed by atoms with Crippen LogP contribution < -0.4 is 10.1 Å². The van der Waals surface area contributed by atoms with E-state index in [1.165, 1.54) is 16.7 Å². The summed E-state index contributed by atoms with van der Waals surface area (Å²) in [6.45, 7) is 8.44. The normalized spacial score (nSPS) is 12.0. The summed E-state index contributed by atoms with van der Waals surface area (Å²) in [6.07, 6.45) is 1.09. The standard InChI is InChI=1S/C27H28N2O3/c1-5-17(2)20-8-11-23(12-9-20)31-16-26(30)28-22-10-13-25-24(15-22)29-27(32-25)21-7-6-18(3)19(4)14-21/h6-15,17H,5,16H2,1-4H3,(H,28,30). The smallest absolute Gasteiger partial charge is 0.262 e. The molecular weight excluding hydrogens is 400 g/mol. The van der Waals surface area contributed by atoms with Gasteiger partial charge in [-0.15, -0.1) is 0 Å². The Hall–Kier alpha value is -3.60. The van der Waals surface area contributed by atoms with Crippen LogP contribution in [0.1, 0.15) is 42.9 Å². The summed E-state index contributed by atoms with van der Waals surface area (Å²) in [6, 6.07) is 19.5. The van der Waals surface area contributed by atoms with E-state index in [9.17, 15) is 4.79 Å². The molecule has 0 saturated heterocycles. The van der Waals surface area contributed by atoms with E-state index in [1.54, 1.807) is 6.07 Å². The number of benzene rings is 3. The summed E-state index contributed by atoms with van der Waals surface area (Å²) in [5.41, 5.74) is 6.63. The summed E-state index contributed by atoms with van der Waals surface area (Å²) < 4.78 is 11.5. The molecule has 4 aromatic rings. The monoisotopic (exact) mass is 428 g/mol. The third-order valence-corrected chi connectivity index (χ3v) is 5.86. The zero-order valence-electron chi connectivity index (χ0n) is 18.9. The van der Waals surface area contributed by atoms with Gasteiger partial charge in [-0.2, -0.15) is 0 Å². The number of hydrogen-bond acceptors (Lipinski definition) is 4. The molecule has 0 aliphatic rings. The molecule has 4 rings (SSSR count). The van der Waals surface area contributed by atoms with Gasteiger partial charge in [-0.3, -0.25) is 4.79 Å². The maximum atomic E-state index is 12.4. The third-order valence-electron chi connectivity index (χ3n) is 5.86. The number of fused-ring (bicyclic) bond motifs is 1. The first-order valence-electron chi connectivity index (χ1n) is 10.9. The predicted molar refractivity (Wildman–Crippen MR) is 128 cm³/mol. The SMILES string of the molecule is CCC(C)c1ccc(OCC(=O)Nc2ccc3oc(-c4ccc(C)c(C)c4)nc3c2)cc1. The van der Waals surface area contributed by atoms with Crippen molar-refractivity contribution in [1.82, 2.24) is 4.98 Å². The molecule has 5 nitrogen and oxygen atoms in total. The van der Waals surface area contributed by atoms with Gasteiger partial charge in [-0.1, -0.05) is 32.0 Å². The van der Waals surface area contributed by atoms with Crippen molar-refractivity contribution >= 4 is 22.7 Å². The Morgan fingerprint density at radius 3 is 2.53 bits per heavy atom. The summed E-state index contributed by atoms with van der Waals surface area (Å²) in [5.74, 6) is 1.52. The molecule has 0 aliphatic heterocycles. The maximum absolute atomic E-state index is 12.4. The van der Waals surface area contributed by atoms with Crippen molar-refractivity contribution in [3.8, 4) is 17.2 Å². The molecule has 32 heavy (non-hydrogen) atoms. The average molecular weight is 429 g/mol. The Labute approximate surface area is 188 Å². The van der Waals surface area contributed by atoms with Gasteiger partial charge in [0.1, 0.15) is 11.3 Å². The second kappa shape index (κ2) is 9.27. The van der Waals surface area contributed by atoms with E-state index < -0.39 is 0 Å². The summed E-state index contributed by atoms with van der Waals surface area (Å²) in [7, 11) is 0. The molecular formula is C27H28N2O3. The lowest BCUT2D eigenvalue weighted by atomic mass is 9.99. The van der Waals surface area contributed by atoms with Crippen molar-refractivity contribution in [3.05, 3.63) is 77.4 Å². The first-order valence-corrected chi connectivity index (χ1v) is 10.9. The first kappa shape index (κ1) is 21.6. The number of aromatic nitrogens is 1. The Morgan fingerprint density at radius 2 is 1.81 bits per heavy atom. The van der Waals surface area contributed by atoms with Crippen LogP contribution in [0.3, 0.4) is 0 Å². The molecule has 1 amide bonds. The Morgan fingerprint density at radius 1 is 1.03 bits per heavy atom. The van der Waals surface area contributed by atoms with Crippen molar-refractivity contribution < 1.29 is 13.9 Å². The van der Waals surface area contributed by atoms with E-state index >= 15 is 0 Å². The van der Waals surface area contributed by atoms with E-state index in [4.69, 9.17) is 9.15 Å². The number of carbonyl (C=O) groups is 1. The Balaban J connectivity index is 1.40. The van der Waals surface area contributed by atoms with Gasteiger partial charge in [0.15, 0.2) is 12.2 Å². The van der Waals surface area contributed by atoms with Crippen molar-refractivity contribution in [2.45, 2.75) is 40.0 Å². The minimum Gasteiger partial charge on any atom is -0.484 e. The van der Waals surface area contributed by atoms with Crippen LogP contribution in [0.5, 0.6) is 5.75 Å². The molecule has 1 N–H and O–H groups in total. The van der Waals surface area contributed by atoms with Crippen LogP contribution in [0.15, 0.2) is 65.1 Å². The minimum absolute atomic E-state index is 0.0621. The molecule has 5 heteroatoms. The molecule has 0 fully saturated rings. The zero-order chi connectivity index (χ0) is 22.7. The van der Waals surface area contributed by atoms with Crippen LogP contribution in [0.2, 0.25) is 0 Å². The van der Waals surface area contributed by atoms with Crippen LogP contribution in [0.25, 0.3) is 22.6 Å². The Bertz CT molecular complexity index is 1240. The number of amides is 1. The van der Waals surface area contributed by atoms with E-state index in [2.05, 4.69) is 50.1 Å². The highest BCUT2D eigenvalue weighted by molar-refractivity contribution is 5.94.